The summed E-state index contributed by atoms with van der Waals surface area (Å²) >= 11 is 0. The van der Waals surface area contributed by atoms with Crippen molar-refractivity contribution in [3.05, 3.63) is 29.8 Å². The van der Waals surface area contributed by atoms with Crippen LogP contribution in [0.25, 0.3) is 0 Å². The number of rotatable bonds is 5. The summed E-state index contributed by atoms with van der Waals surface area (Å²) in [6.45, 7) is 14.9. The van der Waals surface area contributed by atoms with Gasteiger partial charge in [0, 0.05) is 5.92 Å². The van der Waals surface area contributed by atoms with Gasteiger partial charge in [0.15, 0.2) is 0 Å². The summed E-state index contributed by atoms with van der Waals surface area (Å²) in [5, 5.41) is 12.0. The van der Waals surface area contributed by atoms with Gasteiger partial charge in [0.25, 0.3) is 0 Å². The van der Waals surface area contributed by atoms with Crippen molar-refractivity contribution in [1.82, 2.24) is 5.32 Å². The molecule has 0 radical (unpaired) electrons. The fourth-order valence-corrected chi connectivity index (χ4v) is 2.96. The van der Waals surface area contributed by atoms with E-state index in [9.17, 15) is 14.7 Å². The fraction of sp³-hybridized carbons (Fsp3) is 0.619. The monoisotopic (exact) mass is 405 g/mol. The van der Waals surface area contributed by atoms with Crippen molar-refractivity contribution in [3.8, 4) is 0 Å². The molecule has 0 bridgehead atoms. The van der Waals surface area contributed by atoms with Gasteiger partial charge in [-0.2, -0.15) is 0 Å². The molecular weight excluding hydrogens is 373 g/mol. The van der Waals surface area contributed by atoms with E-state index in [-0.39, 0.29) is 0 Å². The minimum atomic E-state index is -1.13. The van der Waals surface area contributed by atoms with Crippen LogP contribution in [0, 0.1) is 0 Å². The predicted octanol–water partition coefficient (Wildman–Crippen LogP) is 3.07. The molecule has 8 heteroatoms. The number of carbonyl (C=O) groups is 2. The molecule has 1 aliphatic rings. The van der Waals surface area contributed by atoms with E-state index >= 15 is 0 Å². The van der Waals surface area contributed by atoms with Gasteiger partial charge in [0.1, 0.15) is 11.6 Å². The molecule has 2 N–H and O–H groups in total. The van der Waals surface area contributed by atoms with Gasteiger partial charge in [-0.05, 0) is 59.5 Å². The third kappa shape index (κ3) is 5.51. The van der Waals surface area contributed by atoms with Crippen LogP contribution in [0.15, 0.2) is 24.3 Å². The number of hydrogen-bond acceptors (Lipinski definition) is 5. The average Bonchev–Trinajstić information content (AvgIpc) is 2.78. The maximum atomic E-state index is 12.0. The zero-order chi connectivity index (χ0) is 22.2. The lowest BCUT2D eigenvalue weighted by Gasteiger charge is -2.32. The molecule has 1 aliphatic heterocycles. The van der Waals surface area contributed by atoms with Gasteiger partial charge >= 0.3 is 19.2 Å². The molecule has 0 aromatic heterocycles. The quantitative estimate of drug-likeness (QED) is 0.732. The van der Waals surface area contributed by atoms with Crippen LogP contribution in [0.1, 0.15) is 66.9 Å². The van der Waals surface area contributed by atoms with Crippen LogP contribution in [-0.2, 0) is 18.8 Å². The predicted molar refractivity (Wildman–Crippen MR) is 111 cm³/mol. The zero-order valence-corrected chi connectivity index (χ0v) is 18.5. The number of benzene rings is 1. The molecule has 160 valence electrons. The van der Waals surface area contributed by atoms with Crippen molar-refractivity contribution in [2.75, 3.05) is 0 Å². The van der Waals surface area contributed by atoms with Gasteiger partial charge in [-0.15, -0.1) is 0 Å². The van der Waals surface area contributed by atoms with Gasteiger partial charge < -0.3 is 24.5 Å². The Morgan fingerprint density at radius 1 is 1.07 bits per heavy atom. The van der Waals surface area contributed by atoms with Crippen LogP contribution < -0.4 is 10.8 Å². The average molecular weight is 405 g/mol. The molecule has 2 rings (SSSR count). The lowest BCUT2D eigenvalue weighted by atomic mass is 9.78. The molecule has 1 saturated heterocycles. The minimum absolute atomic E-state index is 0.435. The Bertz CT molecular complexity index is 737. The molecule has 29 heavy (non-hydrogen) atoms. The number of ether oxygens (including phenoxy) is 1. The Hall–Kier alpha value is -2.06. The number of carbonyl (C=O) groups excluding carboxylic acids is 1. The Morgan fingerprint density at radius 2 is 1.55 bits per heavy atom. The first-order chi connectivity index (χ1) is 13.1. The van der Waals surface area contributed by atoms with E-state index in [2.05, 4.69) is 5.32 Å². The van der Waals surface area contributed by atoms with E-state index in [0.29, 0.717) is 0 Å². The smallest absolute Gasteiger partial charge is 0.480 e. The van der Waals surface area contributed by atoms with Gasteiger partial charge in [-0.3, -0.25) is 0 Å². The first-order valence-corrected chi connectivity index (χ1v) is 9.81. The molecule has 0 saturated carbocycles. The van der Waals surface area contributed by atoms with E-state index < -0.39 is 47.9 Å². The summed E-state index contributed by atoms with van der Waals surface area (Å²) in [6.07, 6.45) is -0.759. The third-order valence-corrected chi connectivity index (χ3v) is 5.43. The number of nitrogens with one attached hydrogen (secondary N) is 1. The van der Waals surface area contributed by atoms with Crippen molar-refractivity contribution in [2.45, 2.75) is 84.2 Å². The summed E-state index contributed by atoms with van der Waals surface area (Å²) in [4.78, 5) is 23.8. The summed E-state index contributed by atoms with van der Waals surface area (Å²) < 4.78 is 17.3. The maximum Gasteiger partial charge on any atom is 0.494 e. The standard InChI is InChI=1S/C21H32BNO6/c1-13(16(17(24)25)23-18(26)27-19(2,3)4)14-9-11-15(12-10-14)22-28-20(5,6)21(7,8)29-22/h9-13,16H,1-8H3,(H,23,26)(H,24,25)/t13?,16-/m0/s1. The molecule has 1 aromatic carbocycles. The summed E-state index contributed by atoms with van der Waals surface area (Å²) in [5.41, 5.74) is 0.0475. The lowest BCUT2D eigenvalue weighted by molar-refractivity contribution is -0.140. The molecule has 1 amide bonds. The van der Waals surface area contributed by atoms with Crippen molar-refractivity contribution < 1.29 is 28.7 Å². The highest BCUT2D eigenvalue weighted by atomic mass is 16.7. The third-order valence-electron chi connectivity index (χ3n) is 5.43. The first-order valence-electron chi connectivity index (χ1n) is 9.81. The Labute approximate surface area is 173 Å². The van der Waals surface area contributed by atoms with E-state index in [1.165, 1.54) is 0 Å². The Morgan fingerprint density at radius 3 is 1.97 bits per heavy atom. The van der Waals surface area contributed by atoms with Gasteiger partial charge in [-0.1, -0.05) is 31.2 Å². The van der Waals surface area contributed by atoms with Crippen LogP contribution in [0.2, 0.25) is 0 Å². The normalized spacial score (nSPS) is 20.1. The fourth-order valence-electron chi connectivity index (χ4n) is 2.96. The molecule has 1 unspecified atom stereocenters. The van der Waals surface area contributed by atoms with Crippen molar-refractivity contribution in [3.63, 3.8) is 0 Å². The molecule has 2 atom stereocenters. The molecule has 0 aliphatic carbocycles. The highest BCUT2D eigenvalue weighted by molar-refractivity contribution is 6.62. The second-order valence-electron chi connectivity index (χ2n) is 9.51. The van der Waals surface area contributed by atoms with E-state index in [0.717, 1.165) is 11.0 Å². The summed E-state index contributed by atoms with van der Waals surface area (Å²) in [5.74, 6) is -1.59. The molecule has 7 nitrogen and oxygen atoms in total. The summed E-state index contributed by atoms with van der Waals surface area (Å²) in [7, 11) is -0.487. The lowest BCUT2D eigenvalue weighted by Crippen LogP contribution is -2.46. The van der Waals surface area contributed by atoms with E-state index in [1.807, 2.05) is 52.0 Å². The number of aliphatic carboxylic acids is 1. The Kier molecular flexibility index (Phi) is 6.40. The molecule has 1 aromatic rings. The summed E-state index contributed by atoms with van der Waals surface area (Å²) in [6, 6.07) is 6.27. The first kappa shape index (κ1) is 23.2. The van der Waals surface area contributed by atoms with Crippen molar-refractivity contribution in [2.24, 2.45) is 0 Å². The highest BCUT2D eigenvalue weighted by Gasteiger charge is 2.51. The van der Waals surface area contributed by atoms with Crippen molar-refractivity contribution in [1.29, 1.82) is 0 Å². The second kappa shape index (κ2) is 7.99. The Balaban J connectivity index is 2.13. The van der Waals surface area contributed by atoms with Crippen molar-refractivity contribution >= 4 is 24.6 Å². The topological polar surface area (TPSA) is 94.1 Å². The largest absolute Gasteiger partial charge is 0.494 e. The zero-order valence-electron chi connectivity index (χ0n) is 18.5. The molecule has 1 heterocycles. The second-order valence-corrected chi connectivity index (χ2v) is 9.51. The number of alkyl carbamates (subject to hydrolysis) is 1. The van der Waals surface area contributed by atoms with Crippen LogP contribution in [0.5, 0.6) is 0 Å². The molecular formula is C21H32BNO6. The van der Waals surface area contributed by atoms with Gasteiger partial charge in [0.2, 0.25) is 0 Å². The van der Waals surface area contributed by atoms with E-state index in [1.54, 1.807) is 27.7 Å². The number of amides is 1. The van der Waals surface area contributed by atoms with E-state index in [4.69, 9.17) is 14.0 Å². The number of hydrogen-bond donors (Lipinski definition) is 2. The SMILES string of the molecule is CC(c1ccc(B2OC(C)(C)C(C)(C)O2)cc1)[C@H](NC(=O)OC(C)(C)C)C(=O)O. The molecule has 0 spiro atoms. The van der Waals surface area contributed by atoms with Crippen LogP contribution >= 0.6 is 0 Å². The maximum absolute atomic E-state index is 12.0. The number of carboxylic acid groups (broad SMARTS) is 1. The minimum Gasteiger partial charge on any atom is -0.480 e. The molecule has 1 fully saturated rings. The van der Waals surface area contributed by atoms with Crippen LogP contribution in [0.3, 0.4) is 0 Å². The van der Waals surface area contributed by atoms with Gasteiger partial charge in [0.05, 0.1) is 11.2 Å². The highest BCUT2D eigenvalue weighted by Crippen LogP contribution is 2.36. The van der Waals surface area contributed by atoms with Gasteiger partial charge in [-0.25, -0.2) is 9.59 Å². The van der Waals surface area contributed by atoms with Crippen LogP contribution in [0.4, 0.5) is 4.79 Å². The number of carboxylic acids is 1. The van der Waals surface area contributed by atoms with Crippen LogP contribution in [-0.4, -0.2) is 47.1 Å².